The van der Waals surface area contributed by atoms with E-state index in [9.17, 15) is 18.3 Å². The minimum absolute atomic E-state index is 0.0888. The van der Waals surface area contributed by atoms with Crippen LogP contribution in [0.25, 0.3) is 11.1 Å². The van der Waals surface area contributed by atoms with Crippen LogP contribution in [0.15, 0.2) is 60.7 Å². The first kappa shape index (κ1) is 23.5. The molecule has 1 atom stereocenters. The number of ether oxygens (including phenoxy) is 1. The van der Waals surface area contributed by atoms with Crippen LogP contribution >= 0.6 is 0 Å². The summed E-state index contributed by atoms with van der Waals surface area (Å²) >= 11 is 0. The van der Waals surface area contributed by atoms with Gasteiger partial charge in [-0.25, -0.2) is 8.78 Å². The minimum atomic E-state index is -0.647. The van der Waals surface area contributed by atoms with Gasteiger partial charge in [0.1, 0.15) is 29.2 Å². The Morgan fingerprint density at radius 2 is 1.69 bits per heavy atom. The number of allylic oxidation sites excluding steroid dienone is 1. The third-order valence-electron chi connectivity index (χ3n) is 6.93. The normalized spacial score (nSPS) is 18.2. The number of phenolic OH excluding ortho intramolecular Hbond substituents is 1. The van der Waals surface area contributed by atoms with E-state index in [4.69, 9.17) is 4.74 Å². The molecule has 1 fully saturated rings. The fourth-order valence-electron chi connectivity index (χ4n) is 5.08. The summed E-state index contributed by atoms with van der Waals surface area (Å²) in [7, 11) is 0. The lowest BCUT2D eigenvalue weighted by atomic mass is 9.86. The van der Waals surface area contributed by atoms with Crippen LogP contribution in [0.4, 0.5) is 13.2 Å². The molecule has 0 aliphatic carbocycles. The van der Waals surface area contributed by atoms with E-state index >= 15 is 0 Å². The number of hydrogen-bond donors (Lipinski definition) is 1. The highest BCUT2D eigenvalue weighted by Gasteiger charge is 2.30. The standard InChI is InChI=1S/C29H28F3NO2/c1-18-26-9-8-25(34)14-27(26)35-29(28(18)22-11-23(31)13-24(32)12-22)21-6-4-19(5-7-21)3-2-10-33-16-20(15-30)17-33/h4-9,11-14,20,29,34H,2-3,10,15-17H2,1H3. The van der Waals surface area contributed by atoms with E-state index in [1.54, 1.807) is 18.2 Å². The molecule has 0 amide bonds. The Hall–Kier alpha value is -3.25. The number of fused-ring (bicyclic) bond motifs is 1. The first-order chi connectivity index (χ1) is 16.9. The van der Waals surface area contributed by atoms with E-state index in [1.165, 1.54) is 17.7 Å². The number of alkyl halides is 1. The van der Waals surface area contributed by atoms with Gasteiger partial charge in [-0.05, 0) is 72.8 Å². The topological polar surface area (TPSA) is 32.7 Å². The van der Waals surface area contributed by atoms with Crippen LogP contribution in [0, 0.1) is 17.6 Å². The van der Waals surface area contributed by atoms with Crippen molar-refractivity contribution in [3.05, 3.63) is 94.6 Å². The third-order valence-corrected chi connectivity index (χ3v) is 6.93. The Labute approximate surface area is 203 Å². The summed E-state index contributed by atoms with van der Waals surface area (Å²) < 4.78 is 47.2. The zero-order valence-electron chi connectivity index (χ0n) is 19.6. The van der Waals surface area contributed by atoms with Crippen molar-refractivity contribution in [2.24, 2.45) is 5.92 Å². The molecule has 1 N–H and O–H groups in total. The van der Waals surface area contributed by atoms with Gasteiger partial charge in [0.2, 0.25) is 0 Å². The van der Waals surface area contributed by atoms with Crippen LogP contribution in [0.3, 0.4) is 0 Å². The highest BCUT2D eigenvalue weighted by atomic mass is 19.1. The van der Waals surface area contributed by atoms with Crippen molar-refractivity contribution in [3.8, 4) is 11.5 Å². The largest absolute Gasteiger partial charge is 0.508 e. The molecular weight excluding hydrogens is 451 g/mol. The Bertz CT molecular complexity index is 1230. The van der Waals surface area contributed by atoms with Crippen molar-refractivity contribution in [1.29, 1.82) is 0 Å². The molecule has 3 nitrogen and oxygen atoms in total. The Kier molecular flexibility index (Phi) is 6.56. The Morgan fingerprint density at radius 3 is 2.37 bits per heavy atom. The summed E-state index contributed by atoms with van der Waals surface area (Å²) in [6.45, 7) is 4.33. The molecule has 0 radical (unpaired) electrons. The molecule has 2 heterocycles. The van der Waals surface area contributed by atoms with Crippen LogP contribution < -0.4 is 4.74 Å². The number of aryl methyl sites for hydroxylation is 1. The number of hydrogen-bond acceptors (Lipinski definition) is 3. The van der Waals surface area contributed by atoms with E-state index in [0.29, 0.717) is 16.9 Å². The lowest BCUT2D eigenvalue weighted by Crippen LogP contribution is -2.47. The Morgan fingerprint density at radius 1 is 0.971 bits per heavy atom. The summed E-state index contributed by atoms with van der Waals surface area (Å²) in [5.74, 6) is -0.477. The van der Waals surface area contributed by atoms with Gasteiger partial charge in [-0.1, -0.05) is 24.3 Å². The lowest BCUT2D eigenvalue weighted by molar-refractivity contribution is 0.0801. The molecule has 182 valence electrons. The molecular formula is C29H28F3NO2. The number of phenols is 1. The van der Waals surface area contributed by atoms with Crippen molar-refractivity contribution in [3.63, 3.8) is 0 Å². The van der Waals surface area contributed by atoms with E-state index in [0.717, 1.165) is 55.2 Å². The number of nitrogens with zero attached hydrogens (tertiary/aromatic N) is 1. The van der Waals surface area contributed by atoms with Gasteiger partial charge in [-0.2, -0.15) is 0 Å². The summed E-state index contributed by atoms with van der Waals surface area (Å²) in [4.78, 5) is 2.28. The van der Waals surface area contributed by atoms with Crippen LogP contribution in [0.1, 0.15) is 41.7 Å². The predicted molar refractivity (Wildman–Crippen MR) is 131 cm³/mol. The van der Waals surface area contributed by atoms with Crippen molar-refractivity contribution in [2.45, 2.75) is 25.9 Å². The number of rotatable bonds is 7. The molecule has 1 unspecified atom stereocenters. The van der Waals surface area contributed by atoms with Gasteiger partial charge in [-0.15, -0.1) is 0 Å². The van der Waals surface area contributed by atoms with Crippen LogP contribution in [0.5, 0.6) is 11.5 Å². The maximum absolute atomic E-state index is 14.1. The maximum Gasteiger partial charge on any atom is 0.150 e. The monoisotopic (exact) mass is 479 g/mol. The van der Waals surface area contributed by atoms with Crippen LogP contribution in [-0.4, -0.2) is 36.3 Å². The van der Waals surface area contributed by atoms with Gasteiger partial charge in [0.15, 0.2) is 0 Å². The van der Waals surface area contributed by atoms with Crippen LogP contribution in [-0.2, 0) is 6.42 Å². The molecule has 0 bridgehead atoms. The first-order valence-electron chi connectivity index (χ1n) is 12.0. The van der Waals surface area contributed by atoms with Crippen molar-refractivity contribution >= 4 is 11.1 Å². The number of aromatic hydroxyl groups is 1. The molecule has 3 aromatic carbocycles. The molecule has 3 aromatic rings. The second kappa shape index (κ2) is 9.78. The fraction of sp³-hybridized carbons (Fsp3) is 0.310. The molecule has 35 heavy (non-hydrogen) atoms. The molecule has 5 rings (SSSR count). The smallest absolute Gasteiger partial charge is 0.150 e. The maximum atomic E-state index is 14.1. The molecule has 0 spiro atoms. The highest BCUT2D eigenvalue weighted by Crippen LogP contribution is 2.47. The number of benzene rings is 3. The number of halogens is 3. The van der Waals surface area contributed by atoms with Gasteiger partial charge < -0.3 is 14.7 Å². The molecule has 6 heteroatoms. The summed E-state index contributed by atoms with van der Waals surface area (Å²) in [6, 6.07) is 16.5. The van der Waals surface area contributed by atoms with Crippen molar-refractivity contribution in [2.75, 3.05) is 26.3 Å². The second-order valence-corrected chi connectivity index (χ2v) is 9.50. The van der Waals surface area contributed by atoms with E-state index < -0.39 is 17.7 Å². The highest BCUT2D eigenvalue weighted by molar-refractivity contribution is 5.95. The zero-order valence-corrected chi connectivity index (χ0v) is 19.6. The average Bonchev–Trinajstić information content (AvgIpc) is 2.80. The predicted octanol–water partition coefficient (Wildman–Crippen LogP) is 6.57. The summed E-state index contributed by atoms with van der Waals surface area (Å²) in [5.41, 5.74) is 4.77. The fourth-order valence-corrected chi connectivity index (χ4v) is 5.08. The van der Waals surface area contributed by atoms with Gasteiger partial charge in [0.05, 0.1) is 6.67 Å². The first-order valence-corrected chi connectivity index (χ1v) is 12.0. The van der Waals surface area contributed by atoms with E-state index in [1.807, 2.05) is 19.1 Å². The second-order valence-electron chi connectivity index (χ2n) is 9.50. The lowest BCUT2D eigenvalue weighted by Gasteiger charge is -2.37. The van der Waals surface area contributed by atoms with Crippen LogP contribution in [0.2, 0.25) is 0 Å². The Balaban J connectivity index is 1.40. The third kappa shape index (κ3) is 4.94. The van der Waals surface area contributed by atoms with Gasteiger partial charge in [-0.3, -0.25) is 4.39 Å². The quantitative estimate of drug-likeness (QED) is 0.416. The molecule has 0 saturated carbocycles. The molecule has 0 aromatic heterocycles. The van der Waals surface area contributed by atoms with Crippen molar-refractivity contribution in [1.82, 2.24) is 4.90 Å². The summed E-state index contributed by atoms with van der Waals surface area (Å²) in [6.07, 6.45) is 1.33. The zero-order chi connectivity index (χ0) is 24.5. The SMILES string of the molecule is CC1=C(c2cc(F)cc(F)c2)C(c2ccc(CCCN3CC(CF)C3)cc2)Oc2cc(O)ccc21. The summed E-state index contributed by atoms with van der Waals surface area (Å²) in [5, 5.41) is 9.98. The van der Waals surface area contributed by atoms with Gasteiger partial charge in [0, 0.05) is 42.3 Å². The molecule has 2 aliphatic rings. The van der Waals surface area contributed by atoms with Gasteiger partial charge >= 0.3 is 0 Å². The average molecular weight is 480 g/mol. The van der Waals surface area contributed by atoms with E-state index in [-0.39, 0.29) is 18.3 Å². The van der Waals surface area contributed by atoms with Gasteiger partial charge in [0.25, 0.3) is 0 Å². The van der Waals surface area contributed by atoms with Crippen molar-refractivity contribution < 1.29 is 23.0 Å². The number of likely N-dealkylation sites (tertiary alicyclic amines) is 1. The molecule has 2 aliphatic heterocycles. The molecule has 1 saturated heterocycles. The minimum Gasteiger partial charge on any atom is -0.508 e. The van der Waals surface area contributed by atoms with E-state index in [2.05, 4.69) is 17.0 Å².